The van der Waals surface area contributed by atoms with Crippen LogP contribution >= 0.6 is 12.4 Å². The highest BCUT2D eigenvalue weighted by Gasteiger charge is 2.10. The molecule has 3 aromatic carbocycles. The zero-order valence-electron chi connectivity index (χ0n) is 12.4. The first-order valence-corrected chi connectivity index (χ1v) is 7.22. The van der Waals surface area contributed by atoms with Crippen LogP contribution in [-0.2, 0) is 0 Å². The lowest BCUT2D eigenvalue weighted by Crippen LogP contribution is -2.10. The summed E-state index contributed by atoms with van der Waals surface area (Å²) in [6.07, 6.45) is 0.762. The third-order valence-corrected chi connectivity index (χ3v) is 3.86. The summed E-state index contributed by atoms with van der Waals surface area (Å²) < 4.78 is 0. The Hall–Kier alpha value is -2.09. The van der Waals surface area contributed by atoms with E-state index in [9.17, 15) is 0 Å². The van der Waals surface area contributed by atoms with Crippen LogP contribution < -0.4 is 5.73 Å². The second-order valence-corrected chi connectivity index (χ2v) is 5.35. The van der Waals surface area contributed by atoms with Gasteiger partial charge < -0.3 is 5.73 Å². The third kappa shape index (κ3) is 3.38. The molecule has 3 rings (SSSR count). The summed E-state index contributed by atoms with van der Waals surface area (Å²) >= 11 is 0. The molecule has 2 heteroatoms. The van der Waals surface area contributed by atoms with Crippen molar-refractivity contribution in [3.05, 3.63) is 90.5 Å². The molecule has 0 aromatic heterocycles. The summed E-state index contributed by atoms with van der Waals surface area (Å²) in [7, 11) is 0. The van der Waals surface area contributed by atoms with E-state index in [1.807, 2.05) is 18.2 Å². The van der Waals surface area contributed by atoms with E-state index in [0.29, 0.717) is 0 Å². The van der Waals surface area contributed by atoms with Crippen LogP contribution in [0.1, 0.15) is 23.6 Å². The third-order valence-electron chi connectivity index (χ3n) is 3.86. The van der Waals surface area contributed by atoms with Crippen molar-refractivity contribution in [1.82, 2.24) is 0 Å². The Morgan fingerprint density at radius 2 is 1.50 bits per heavy atom. The van der Waals surface area contributed by atoms with Crippen molar-refractivity contribution in [3.63, 3.8) is 0 Å². The van der Waals surface area contributed by atoms with Gasteiger partial charge in [-0.15, -0.1) is 12.4 Å². The van der Waals surface area contributed by atoms with Crippen LogP contribution in [-0.4, -0.2) is 0 Å². The molecule has 112 valence electrons. The average Bonchev–Trinajstić information content (AvgIpc) is 2.55. The molecule has 1 atom stereocenters. The molecule has 0 saturated carbocycles. The van der Waals surface area contributed by atoms with Gasteiger partial charge in [0.1, 0.15) is 0 Å². The van der Waals surface area contributed by atoms with Gasteiger partial charge in [0.05, 0.1) is 0 Å². The van der Waals surface area contributed by atoms with Gasteiger partial charge in [0.15, 0.2) is 0 Å². The molecule has 1 unspecified atom stereocenters. The molecule has 0 saturated heterocycles. The molecular weight excluding hydrogens is 290 g/mol. The molecule has 22 heavy (non-hydrogen) atoms. The SMILES string of the molecule is C=C(CC(N)c1ccccc1)c1cccc2ccccc12.Cl. The minimum Gasteiger partial charge on any atom is -0.324 e. The molecule has 0 spiro atoms. The predicted octanol–water partition coefficient (Wildman–Crippen LogP) is 5.36. The summed E-state index contributed by atoms with van der Waals surface area (Å²) in [5.74, 6) is 0. The fraction of sp³-hybridized carbons (Fsp3) is 0.100. The zero-order valence-corrected chi connectivity index (χ0v) is 13.2. The Balaban J connectivity index is 0.00000176. The van der Waals surface area contributed by atoms with Crippen LogP contribution in [0.3, 0.4) is 0 Å². The predicted molar refractivity (Wildman–Crippen MR) is 98.2 cm³/mol. The standard InChI is InChI=1S/C20H19N.ClH/c1-15(14-20(21)17-9-3-2-4-10-17)18-13-7-11-16-8-5-6-12-19(16)18;/h2-13,20H,1,14,21H2;1H. The first-order chi connectivity index (χ1) is 10.3. The molecule has 0 fully saturated rings. The molecule has 0 bridgehead atoms. The van der Waals surface area contributed by atoms with Crippen molar-refractivity contribution < 1.29 is 0 Å². The van der Waals surface area contributed by atoms with Gasteiger partial charge in [-0.25, -0.2) is 0 Å². The van der Waals surface area contributed by atoms with Crippen LogP contribution in [0.5, 0.6) is 0 Å². The highest BCUT2D eigenvalue weighted by molar-refractivity contribution is 5.93. The summed E-state index contributed by atoms with van der Waals surface area (Å²) in [6, 6.07) is 24.9. The molecule has 0 heterocycles. The molecule has 0 aliphatic heterocycles. The monoisotopic (exact) mass is 309 g/mol. The molecular formula is C20H20ClN. The van der Waals surface area contributed by atoms with E-state index in [-0.39, 0.29) is 18.4 Å². The van der Waals surface area contributed by atoms with Crippen molar-refractivity contribution in [1.29, 1.82) is 0 Å². The van der Waals surface area contributed by atoms with E-state index in [1.165, 1.54) is 16.3 Å². The van der Waals surface area contributed by atoms with Crippen molar-refractivity contribution in [2.75, 3.05) is 0 Å². The smallest absolute Gasteiger partial charge is 0.0335 e. The largest absolute Gasteiger partial charge is 0.324 e. The molecule has 1 nitrogen and oxygen atoms in total. The number of fused-ring (bicyclic) bond motifs is 1. The fourth-order valence-corrected chi connectivity index (χ4v) is 2.73. The van der Waals surface area contributed by atoms with Gasteiger partial charge >= 0.3 is 0 Å². The van der Waals surface area contributed by atoms with Crippen LogP contribution in [0.15, 0.2) is 79.4 Å². The molecule has 0 amide bonds. The Kier molecular flexibility index (Phi) is 5.37. The summed E-state index contributed by atoms with van der Waals surface area (Å²) in [4.78, 5) is 0. The van der Waals surface area contributed by atoms with E-state index in [2.05, 4.69) is 61.2 Å². The zero-order chi connectivity index (χ0) is 14.7. The lowest BCUT2D eigenvalue weighted by atomic mass is 9.93. The fourth-order valence-electron chi connectivity index (χ4n) is 2.73. The average molecular weight is 310 g/mol. The number of hydrogen-bond donors (Lipinski definition) is 1. The maximum atomic E-state index is 6.32. The van der Waals surface area contributed by atoms with Gasteiger partial charge in [0.25, 0.3) is 0 Å². The first-order valence-electron chi connectivity index (χ1n) is 7.22. The quantitative estimate of drug-likeness (QED) is 0.689. The Morgan fingerprint density at radius 1 is 0.864 bits per heavy atom. The number of hydrogen-bond acceptors (Lipinski definition) is 1. The summed E-state index contributed by atoms with van der Waals surface area (Å²) in [5.41, 5.74) is 9.75. The Morgan fingerprint density at radius 3 is 2.27 bits per heavy atom. The Bertz CT molecular complexity index is 760. The van der Waals surface area contributed by atoms with Gasteiger partial charge in [-0.2, -0.15) is 0 Å². The molecule has 0 radical (unpaired) electrons. The maximum absolute atomic E-state index is 6.32. The number of benzene rings is 3. The van der Waals surface area contributed by atoms with Crippen molar-refractivity contribution in [2.24, 2.45) is 5.73 Å². The topological polar surface area (TPSA) is 26.0 Å². The molecule has 2 N–H and O–H groups in total. The van der Waals surface area contributed by atoms with Crippen LogP contribution in [0.25, 0.3) is 16.3 Å². The van der Waals surface area contributed by atoms with Crippen LogP contribution in [0, 0.1) is 0 Å². The Labute approximate surface area is 137 Å². The van der Waals surface area contributed by atoms with E-state index in [1.54, 1.807) is 0 Å². The van der Waals surface area contributed by atoms with Crippen LogP contribution in [0.2, 0.25) is 0 Å². The number of nitrogens with two attached hydrogens (primary N) is 1. The van der Waals surface area contributed by atoms with Gasteiger partial charge in [0.2, 0.25) is 0 Å². The van der Waals surface area contributed by atoms with E-state index in [4.69, 9.17) is 5.73 Å². The van der Waals surface area contributed by atoms with Gasteiger partial charge in [-0.05, 0) is 33.9 Å². The summed E-state index contributed by atoms with van der Waals surface area (Å²) in [5, 5.41) is 2.48. The maximum Gasteiger partial charge on any atom is 0.0335 e. The molecule has 0 aliphatic carbocycles. The first kappa shape index (κ1) is 16.3. The molecule has 3 aromatic rings. The lowest BCUT2D eigenvalue weighted by Gasteiger charge is -2.15. The second-order valence-electron chi connectivity index (χ2n) is 5.35. The van der Waals surface area contributed by atoms with Gasteiger partial charge in [0, 0.05) is 6.04 Å². The minimum atomic E-state index is -0.0160. The number of rotatable bonds is 4. The van der Waals surface area contributed by atoms with Gasteiger partial charge in [-0.1, -0.05) is 79.4 Å². The number of halogens is 1. The van der Waals surface area contributed by atoms with Crippen molar-refractivity contribution >= 4 is 28.8 Å². The van der Waals surface area contributed by atoms with Crippen molar-refractivity contribution in [2.45, 2.75) is 12.5 Å². The van der Waals surface area contributed by atoms with E-state index in [0.717, 1.165) is 17.6 Å². The van der Waals surface area contributed by atoms with Crippen molar-refractivity contribution in [3.8, 4) is 0 Å². The minimum absolute atomic E-state index is 0. The molecule has 0 aliphatic rings. The summed E-state index contributed by atoms with van der Waals surface area (Å²) in [6.45, 7) is 4.26. The highest BCUT2D eigenvalue weighted by atomic mass is 35.5. The highest BCUT2D eigenvalue weighted by Crippen LogP contribution is 2.29. The lowest BCUT2D eigenvalue weighted by molar-refractivity contribution is 0.752. The van der Waals surface area contributed by atoms with E-state index < -0.39 is 0 Å². The second kappa shape index (κ2) is 7.26. The van der Waals surface area contributed by atoms with Gasteiger partial charge in [-0.3, -0.25) is 0 Å². The van der Waals surface area contributed by atoms with E-state index >= 15 is 0 Å². The van der Waals surface area contributed by atoms with Crippen LogP contribution in [0.4, 0.5) is 0 Å². The normalized spacial score (nSPS) is 11.7.